The van der Waals surface area contributed by atoms with Crippen molar-refractivity contribution >= 4 is 23.2 Å². The molecule has 4 aromatic rings. The minimum Gasteiger partial charge on any atom is -0.463 e. The monoisotopic (exact) mass is 430 g/mol. The Labute approximate surface area is 184 Å². The number of amides is 1. The molecule has 1 atom stereocenters. The van der Waals surface area contributed by atoms with Crippen LogP contribution in [0.5, 0.6) is 0 Å². The molecule has 0 N–H and O–H groups in total. The van der Waals surface area contributed by atoms with E-state index in [0.717, 1.165) is 22.5 Å². The highest BCUT2D eigenvalue weighted by Gasteiger charge is 2.35. The Bertz CT molecular complexity index is 1240. The molecule has 0 unspecified atom stereocenters. The number of carbonyl (C=O) groups is 1. The fraction of sp³-hybridized carbons (Fsp3) is 0.125. The number of para-hydroxylation sites is 1. The van der Waals surface area contributed by atoms with E-state index in [0.29, 0.717) is 22.9 Å². The van der Waals surface area contributed by atoms with Crippen LogP contribution in [0.15, 0.2) is 88.7 Å². The molecule has 1 aliphatic heterocycles. The molecule has 0 spiro atoms. The number of hydrazone groups is 1. The van der Waals surface area contributed by atoms with E-state index < -0.39 is 0 Å². The van der Waals surface area contributed by atoms with Gasteiger partial charge in [-0.3, -0.25) is 4.79 Å². The van der Waals surface area contributed by atoms with Crippen molar-refractivity contribution in [3.63, 3.8) is 0 Å². The summed E-state index contributed by atoms with van der Waals surface area (Å²) >= 11 is 6.04. The van der Waals surface area contributed by atoms with E-state index in [1.807, 2.05) is 77.6 Å². The molecule has 0 radical (unpaired) electrons. The van der Waals surface area contributed by atoms with E-state index in [-0.39, 0.29) is 11.9 Å². The Morgan fingerprint density at radius 1 is 1.06 bits per heavy atom. The summed E-state index contributed by atoms with van der Waals surface area (Å²) < 4.78 is 7.47. The van der Waals surface area contributed by atoms with Crippen LogP contribution in [0.4, 0.5) is 0 Å². The molecule has 154 valence electrons. The summed E-state index contributed by atoms with van der Waals surface area (Å²) in [6, 6.07) is 20.7. The van der Waals surface area contributed by atoms with Crippen LogP contribution in [0, 0.1) is 0 Å². The fourth-order valence-electron chi connectivity index (χ4n) is 3.81. The SMILES string of the molecule is CC(=O)N1N=C(c2ccc(Cl)cc2)C[C@@H]1c1cn(-c2ccccc2)nc1-c1ccco1. The first-order chi connectivity index (χ1) is 15.1. The molecule has 0 aliphatic carbocycles. The van der Waals surface area contributed by atoms with Crippen LogP contribution in [-0.4, -0.2) is 26.4 Å². The van der Waals surface area contributed by atoms with Gasteiger partial charge in [-0.15, -0.1) is 0 Å². The third kappa shape index (κ3) is 3.66. The fourth-order valence-corrected chi connectivity index (χ4v) is 3.93. The zero-order valence-corrected chi connectivity index (χ0v) is 17.5. The van der Waals surface area contributed by atoms with E-state index in [9.17, 15) is 4.79 Å². The molecule has 0 saturated heterocycles. The van der Waals surface area contributed by atoms with E-state index in [1.54, 1.807) is 6.26 Å². The number of rotatable bonds is 4. The number of halogens is 1. The summed E-state index contributed by atoms with van der Waals surface area (Å²) in [5, 5.41) is 11.6. The van der Waals surface area contributed by atoms with Crippen LogP contribution in [0.1, 0.15) is 30.5 Å². The summed E-state index contributed by atoms with van der Waals surface area (Å²) in [6.45, 7) is 1.52. The van der Waals surface area contributed by atoms with Gasteiger partial charge in [-0.2, -0.15) is 10.2 Å². The lowest BCUT2D eigenvalue weighted by atomic mass is 9.98. The largest absolute Gasteiger partial charge is 0.463 e. The number of benzene rings is 2. The van der Waals surface area contributed by atoms with Gasteiger partial charge < -0.3 is 4.42 Å². The molecule has 31 heavy (non-hydrogen) atoms. The molecule has 0 saturated carbocycles. The molecule has 6 nitrogen and oxygen atoms in total. The molecule has 2 aromatic carbocycles. The van der Waals surface area contributed by atoms with Crippen molar-refractivity contribution in [1.29, 1.82) is 0 Å². The van der Waals surface area contributed by atoms with Gasteiger partial charge in [0, 0.05) is 30.1 Å². The average Bonchev–Trinajstić information content (AvgIpc) is 3.53. The van der Waals surface area contributed by atoms with Crippen LogP contribution in [0.2, 0.25) is 5.02 Å². The maximum absolute atomic E-state index is 12.5. The number of furan rings is 1. The van der Waals surface area contributed by atoms with Gasteiger partial charge in [-0.25, -0.2) is 9.69 Å². The molecule has 3 heterocycles. The Kier molecular flexibility index (Phi) is 4.92. The van der Waals surface area contributed by atoms with Crippen LogP contribution >= 0.6 is 11.6 Å². The molecule has 0 bridgehead atoms. The number of carbonyl (C=O) groups excluding carboxylic acids is 1. The molecule has 0 fully saturated rings. The lowest BCUT2D eigenvalue weighted by Gasteiger charge is -2.19. The predicted octanol–water partition coefficient (Wildman–Crippen LogP) is 5.48. The van der Waals surface area contributed by atoms with Gasteiger partial charge in [-0.1, -0.05) is 41.9 Å². The Hall–Kier alpha value is -3.64. The normalized spacial score (nSPS) is 15.9. The Morgan fingerprint density at radius 3 is 2.52 bits per heavy atom. The minimum atomic E-state index is -0.291. The quantitative estimate of drug-likeness (QED) is 0.430. The second kappa shape index (κ2) is 7.89. The lowest BCUT2D eigenvalue weighted by Crippen LogP contribution is -2.24. The second-order valence-corrected chi connectivity index (χ2v) is 7.76. The summed E-state index contributed by atoms with van der Waals surface area (Å²) in [7, 11) is 0. The highest BCUT2D eigenvalue weighted by molar-refractivity contribution is 6.30. The summed E-state index contributed by atoms with van der Waals surface area (Å²) in [5.41, 5.74) is 4.26. The highest BCUT2D eigenvalue weighted by Crippen LogP contribution is 2.38. The van der Waals surface area contributed by atoms with Crippen molar-refractivity contribution in [3.05, 3.63) is 95.3 Å². The maximum Gasteiger partial charge on any atom is 0.240 e. The van der Waals surface area contributed by atoms with E-state index >= 15 is 0 Å². The molecule has 7 heteroatoms. The van der Waals surface area contributed by atoms with Gasteiger partial charge in [-0.05, 0) is 42.0 Å². The first-order valence-electron chi connectivity index (χ1n) is 9.92. The molecular weight excluding hydrogens is 412 g/mol. The summed E-state index contributed by atoms with van der Waals surface area (Å²) in [4.78, 5) is 12.5. The van der Waals surface area contributed by atoms with Crippen molar-refractivity contribution in [3.8, 4) is 17.1 Å². The van der Waals surface area contributed by atoms with Crippen LogP contribution in [-0.2, 0) is 4.79 Å². The van der Waals surface area contributed by atoms with Gasteiger partial charge in [0.05, 0.1) is 23.7 Å². The Morgan fingerprint density at radius 2 is 1.84 bits per heavy atom. The second-order valence-electron chi connectivity index (χ2n) is 7.33. The third-order valence-electron chi connectivity index (χ3n) is 5.29. The molecular formula is C24H19ClN4O2. The van der Waals surface area contributed by atoms with Crippen LogP contribution in [0.25, 0.3) is 17.1 Å². The maximum atomic E-state index is 12.5. The first kappa shape index (κ1) is 19.3. The van der Waals surface area contributed by atoms with E-state index in [4.69, 9.17) is 21.1 Å². The van der Waals surface area contributed by atoms with Crippen LogP contribution in [0.3, 0.4) is 0 Å². The molecule has 2 aromatic heterocycles. The third-order valence-corrected chi connectivity index (χ3v) is 5.54. The summed E-state index contributed by atoms with van der Waals surface area (Å²) in [6.07, 6.45) is 4.14. The van der Waals surface area contributed by atoms with Crippen molar-refractivity contribution in [2.24, 2.45) is 5.10 Å². The zero-order valence-electron chi connectivity index (χ0n) is 16.8. The predicted molar refractivity (Wildman–Crippen MR) is 119 cm³/mol. The van der Waals surface area contributed by atoms with Gasteiger partial charge in [0.1, 0.15) is 5.69 Å². The zero-order chi connectivity index (χ0) is 21.4. The molecule has 1 aliphatic rings. The van der Waals surface area contributed by atoms with E-state index in [2.05, 4.69) is 5.10 Å². The van der Waals surface area contributed by atoms with Crippen molar-refractivity contribution < 1.29 is 9.21 Å². The highest BCUT2D eigenvalue weighted by atomic mass is 35.5. The van der Waals surface area contributed by atoms with Crippen LogP contribution < -0.4 is 0 Å². The minimum absolute atomic E-state index is 0.133. The Balaban J connectivity index is 1.59. The number of aromatic nitrogens is 2. The van der Waals surface area contributed by atoms with Crippen molar-refractivity contribution in [2.75, 3.05) is 0 Å². The number of hydrogen-bond acceptors (Lipinski definition) is 4. The number of hydrogen-bond donors (Lipinski definition) is 0. The first-order valence-corrected chi connectivity index (χ1v) is 10.3. The van der Waals surface area contributed by atoms with Gasteiger partial charge in [0.15, 0.2) is 5.76 Å². The molecule has 5 rings (SSSR count). The number of nitrogens with zero attached hydrogens (tertiary/aromatic N) is 4. The standard InChI is InChI=1S/C24H19ClN4O2/c1-16(30)29-22(14-21(26-29)17-9-11-18(25)12-10-17)20-15-28(19-6-3-2-4-7-19)27-24(20)23-8-5-13-31-23/h2-13,15,22H,14H2,1H3/t22-/m1/s1. The molecule has 1 amide bonds. The van der Waals surface area contributed by atoms with E-state index in [1.165, 1.54) is 11.9 Å². The van der Waals surface area contributed by atoms with Crippen molar-refractivity contribution in [2.45, 2.75) is 19.4 Å². The lowest BCUT2D eigenvalue weighted by molar-refractivity contribution is -0.130. The summed E-state index contributed by atoms with van der Waals surface area (Å²) in [5.74, 6) is 0.514. The van der Waals surface area contributed by atoms with Gasteiger partial charge in [0.25, 0.3) is 0 Å². The average molecular weight is 431 g/mol. The van der Waals surface area contributed by atoms with Gasteiger partial charge in [0.2, 0.25) is 5.91 Å². The van der Waals surface area contributed by atoms with Crippen molar-refractivity contribution in [1.82, 2.24) is 14.8 Å². The smallest absolute Gasteiger partial charge is 0.240 e. The van der Waals surface area contributed by atoms with Gasteiger partial charge >= 0.3 is 0 Å². The topological polar surface area (TPSA) is 63.6 Å².